The lowest BCUT2D eigenvalue weighted by atomic mass is 9.97. The smallest absolute Gasteiger partial charge is 0.186 e. The first-order valence-electron chi connectivity index (χ1n) is 4.75. The van der Waals surface area contributed by atoms with Crippen LogP contribution in [0.2, 0.25) is 0 Å². The van der Waals surface area contributed by atoms with Crippen LogP contribution in [-0.4, -0.2) is 22.6 Å². The molecule has 2 aliphatic heterocycles. The van der Waals surface area contributed by atoms with Crippen LogP contribution in [0.4, 0.5) is 0 Å². The number of thioether (sulfide) groups is 1. The van der Waals surface area contributed by atoms with Crippen LogP contribution in [0.5, 0.6) is 0 Å². The quantitative estimate of drug-likeness (QED) is 0.604. The van der Waals surface area contributed by atoms with Crippen molar-refractivity contribution in [2.75, 3.05) is 0 Å². The van der Waals surface area contributed by atoms with Gasteiger partial charge in [-0.1, -0.05) is 23.9 Å². The number of rotatable bonds is 1. The number of carbonyl (C=O) groups is 1. The van der Waals surface area contributed by atoms with Crippen LogP contribution >= 0.6 is 11.8 Å². The van der Waals surface area contributed by atoms with Gasteiger partial charge in [0.1, 0.15) is 0 Å². The van der Waals surface area contributed by atoms with Crippen molar-refractivity contribution in [3.8, 4) is 0 Å². The molecule has 3 heteroatoms. The Balaban J connectivity index is 1.99. The molecule has 0 saturated carbocycles. The predicted octanol–water partition coefficient (Wildman–Crippen LogP) is 2.14. The molecule has 3 atom stereocenters. The third-order valence-corrected chi connectivity index (χ3v) is 3.71. The summed E-state index contributed by atoms with van der Waals surface area (Å²) in [5, 5.41) is 0.598. The minimum Gasteiger partial charge on any atom is -0.369 e. The van der Waals surface area contributed by atoms with Crippen molar-refractivity contribution in [2.24, 2.45) is 0 Å². The molecular weight excluding hydrogens is 184 g/mol. The standard InChI is InChI=1S/C10H14O2S/c1-7(11)13-10-6-5-8-3-2-4-9(10)12-8/h2-3,8-10H,4-6H2,1H3. The summed E-state index contributed by atoms with van der Waals surface area (Å²) in [6.45, 7) is 1.63. The van der Waals surface area contributed by atoms with Gasteiger partial charge < -0.3 is 4.74 Å². The topological polar surface area (TPSA) is 26.3 Å². The first-order valence-corrected chi connectivity index (χ1v) is 5.63. The van der Waals surface area contributed by atoms with Gasteiger partial charge in [-0.3, -0.25) is 4.79 Å². The van der Waals surface area contributed by atoms with Crippen LogP contribution in [0.3, 0.4) is 0 Å². The molecule has 13 heavy (non-hydrogen) atoms. The summed E-state index contributed by atoms with van der Waals surface area (Å²) in [6, 6.07) is 0. The second-order valence-electron chi connectivity index (χ2n) is 3.60. The molecule has 2 aliphatic rings. The number of fused-ring (bicyclic) bond motifs is 2. The molecule has 0 radical (unpaired) electrons. The van der Waals surface area contributed by atoms with E-state index >= 15 is 0 Å². The molecule has 0 spiro atoms. The lowest BCUT2D eigenvalue weighted by Gasteiger charge is -2.36. The average molecular weight is 198 g/mol. The fourth-order valence-electron chi connectivity index (χ4n) is 1.96. The Morgan fingerprint density at radius 2 is 2.38 bits per heavy atom. The number of hydrogen-bond donors (Lipinski definition) is 0. The molecule has 3 unspecified atom stereocenters. The number of ether oxygens (including phenoxy) is 1. The molecule has 0 amide bonds. The summed E-state index contributed by atoms with van der Waals surface area (Å²) in [5.74, 6) is 0. The summed E-state index contributed by atoms with van der Waals surface area (Å²) in [7, 11) is 0. The normalized spacial score (nSPS) is 37.5. The van der Waals surface area contributed by atoms with Crippen molar-refractivity contribution in [3.63, 3.8) is 0 Å². The maximum Gasteiger partial charge on any atom is 0.186 e. The maximum atomic E-state index is 11.0. The van der Waals surface area contributed by atoms with E-state index in [1.165, 1.54) is 11.8 Å². The van der Waals surface area contributed by atoms with Gasteiger partial charge in [0.2, 0.25) is 0 Å². The summed E-state index contributed by atoms with van der Waals surface area (Å²) < 4.78 is 5.78. The van der Waals surface area contributed by atoms with E-state index in [0.29, 0.717) is 11.4 Å². The van der Waals surface area contributed by atoms with E-state index in [-0.39, 0.29) is 11.2 Å². The molecule has 2 rings (SSSR count). The van der Waals surface area contributed by atoms with Crippen LogP contribution in [0, 0.1) is 0 Å². The molecule has 1 fully saturated rings. The van der Waals surface area contributed by atoms with Crippen LogP contribution in [0.15, 0.2) is 12.2 Å². The largest absolute Gasteiger partial charge is 0.369 e. The van der Waals surface area contributed by atoms with E-state index in [2.05, 4.69) is 12.2 Å². The first-order chi connectivity index (χ1) is 6.25. The molecule has 2 heterocycles. The fourth-order valence-corrected chi connectivity index (χ4v) is 2.96. The van der Waals surface area contributed by atoms with Gasteiger partial charge in [0.05, 0.1) is 12.2 Å². The zero-order valence-electron chi connectivity index (χ0n) is 7.73. The second-order valence-corrected chi connectivity index (χ2v) is 5.02. The molecule has 0 aromatic rings. The number of carbonyl (C=O) groups excluding carboxylic acids is 1. The van der Waals surface area contributed by atoms with E-state index < -0.39 is 0 Å². The number of hydrogen-bond acceptors (Lipinski definition) is 3. The van der Waals surface area contributed by atoms with Crippen molar-refractivity contribution in [1.82, 2.24) is 0 Å². The molecule has 1 saturated heterocycles. The van der Waals surface area contributed by atoms with Crippen molar-refractivity contribution in [1.29, 1.82) is 0 Å². The molecule has 2 bridgehead atoms. The third-order valence-electron chi connectivity index (χ3n) is 2.54. The molecular formula is C10H14O2S. The zero-order chi connectivity index (χ0) is 9.26. The second kappa shape index (κ2) is 3.84. The SMILES string of the molecule is CC(=O)SC1CCC2C=CCC1O2. The fraction of sp³-hybridized carbons (Fsp3) is 0.700. The minimum absolute atomic E-state index is 0.210. The molecule has 0 aromatic heterocycles. The Bertz CT molecular complexity index is 237. The van der Waals surface area contributed by atoms with Crippen LogP contribution in [-0.2, 0) is 9.53 Å². The Labute approximate surface area is 82.7 Å². The van der Waals surface area contributed by atoms with Crippen molar-refractivity contribution in [2.45, 2.75) is 43.6 Å². The summed E-state index contributed by atoms with van der Waals surface area (Å²) in [5.41, 5.74) is 0. The summed E-state index contributed by atoms with van der Waals surface area (Å²) in [4.78, 5) is 11.0. The molecule has 0 N–H and O–H groups in total. The average Bonchev–Trinajstić information content (AvgIpc) is 2.10. The van der Waals surface area contributed by atoms with Gasteiger partial charge in [0.25, 0.3) is 0 Å². The Morgan fingerprint density at radius 3 is 3.15 bits per heavy atom. The van der Waals surface area contributed by atoms with E-state index in [1.54, 1.807) is 6.92 Å². The Morgan fingerprint density at radius 1 is 1.54 bits per heavy atom. The maximum absolute atomic E-state index is 11.0. The van der Waals surface area contributed by atoms with E-state index in [9.17, 15) is 4.79 Å². The summed E-state index contributed by atoms with van der Waals surface area (Å²) >= 11 is 1.45. The van der Waals surface area contributed by atoms with Crippen LogP contribution in [0.1, 0.15) is 26.2 Å². The lowest BCUT2D eigenvalue weighted by molar-refractivity contribution is -0.109. The van der Waals surface area contributed by atoms with E-state index in [0.717, 1.165) is 19.3 Å². The Hall–Kier alpha value is -0.280. The lowest BCUT2D eigenvalue weighted by Crippen LogP contribution is -2.38. The van der Waals surface area contributed by atoms with Crippen molar-refractivity contribution < 1.29 is 9.53 Å². The highest BCUT2D eigenvalue weighted by atomic mass is 32.2. The van der Waals surface area contributed by atoms with E-state index in [4.69, 9.17) is 4.74 Å². The molecule has 0 aliphatic carbocycles. The molecule has 2 nitrogen and oxygen atoms in total. The highest BCUT2D eigenvalue weighted by Gasteiger charge is 2.32. The van der Waals surface area contributed by atoms with Gasteiger partial charge in [0, 0.05) is 12.2 Å². The summed E-state index contributed by atoms with van der Waals surface area (Å²) in [6.07, 6.45) is 8.08. The van der Waals surface area contributed by atoms with Gasteiger partial charge in [-0.15, -0.1) is 0 Å². The highest BCUT2D eigenvalue weighted by Crippen LogP contribution is 2.34. The van der Waals surface area contributed by atoms with Gasteiger partial charge in [-0.2, -0.15) is 0 Å². The van der Waals surface area contributed by atoms with Gasteiger partial charge >= 0.3 is 0 Å². The molecule has 0 aromatic carbocycles. The third kappa shape index (κ3) is 2.15. The van der Waals surface area contributed by atoms with Crippen molar-refractivity contribution in [3.05, 3.63) is 12.2 Å². The highest BCUT2D eigenvalue weighted by molar-refractivity contribution is 8.14. The van der Waals surface area contributed by atoms with Gasteiger partial charge in [0.15, 0.2) is 5.12 Å². The Kier molecular flexibility index (Phi) is 2.74. The van der Waals surface area contributed by atoms with Crippen molar-refractivity contribution >= 4 is 16.9 Å². The predicted molar refractivity (Wildman–Crippen MR) is 53.7 cm³/mol. The van der Waals surface area contributed by atoms with Gasteiger partial charge in [-0.25, -0.2) is 0 Å². The minimum atomic E-state index is 0.210. The van der Waals surface area contributed by atoms with Crippen LogP contribution in [0.25, 0.3) is 0 Å². The first kappa shape index (κ1) is 9.28. The van der Waals surface area contributed by atoms with Gasteiger partial charge in [-0.05, 0) is 19.3 Å². The van der Waals surface area contributed by atoms with Crippen LogP contribution < -0.4 is 0 Å². The molecule has 72 valence electrons. The zero-order valence-corrected chi connectivity index (χ0v) is 8.55. The van der Waals surface area contributed by atoms with E-state index in [1.807, 2.05) is 0 Å². The monoisotopic (exact) mass is 198 g/mol.